The average molecular weight is 178 g/mol. The molecule has 0 unspecified atom stereocenters. The number of ketones is 1. The van der Waals surface area contributed by atoms with Crippen molar-refractivity contribution in [2.24, 2.45) is 7.05 Å². The first-order chi connectivity index (χ1) is 6.29. The molecule has 13 heavy (non-hydrogen) atoms. The van der Waals surface area contributed by atoms with Gasteiger partial charge >= 0.3 is 0 Å². The van der Waals surface area contributed by atoms with Crippen molar-refractivity contribution >= 4 is 5.78 Å². The molecule has 68 valence electrons. The van der Waals surface area contributed by atoms with Gasteiger partial charge in [-0.2, -0.15) is 0 Å². The van der Waals surface area contributed by atoms with Gasteiger partial charge in [-0.05, 0) is 6.08 Å². The van der Waals surface area contributed by atoms with Gasteiger partial charge in [0, 0.05) is 25.9 Å². The van der Waals surface area contributed by atoms with Gasteiger partial charge in [-0.3, -0.25) is 4.79 Å². The lowest BCUT2D eigenvalue weighted by Gasteiger charge is -2.01. The first-order valence-electron chi connectivity index (χ1n) is 4.14. The minimum absolute atomic E-state index is 0.134. The van der Waals surface area contributed by atoms with E-state index in [2.05, 4.69) is 4.98 Å². The number of imidazole rings is 1. The number of nitrogens with zero attached hydrogens (tertiary/aromatic N) is 2. The van der Waals surface area contributed by atoms with E-state index in [1.807, 2.05) is 0 Å². The first-order valence-corrected chi connectivity index (χ1v) is 4.14. The number of rotatable bonds is 2. The van der Waals surface area contributed by atoms with Crippen molar-refractivity contribution in [3.05, 3.63) is 30.1 Å². The molecule has 0 spiro atoms. The van der Waals surface area contributed by atoms with Crippen LogP contribution in [0.15, 0.2) is 24.2 Å². The van der Waals surface area contributed by atoms with Crippen LogP contribution in [0.5, 0.6) is 0 Å². The number of hydrogen-bond donors (Lipinski definition) is 0. The highest BCUT2D eigenvalue weighted by atomic mass is 16.5. The number of aromatic nitrogens is 2. The molecule has 1 aromatic heterocycles. The molecule has 0 N–H and O–H groups in total. The summed E-state index contributed by atoms with van der Waals surface area (Å²) < 4.78 is 6.84. The third-order valence-electron chi connectivity index (χ3n) is 1.95. The first kappa shape index (κ1) is 8.04. The molecule has 0 amide bonds. The van der Waals surface area contributed by atoms with Crippen molar-refractivity contribution in [1.82, 2.24) is 9.55 Å². The molecule has 1 aliphatic rings. The number of ether oxygens (including phenoxy) is 1. The summed E-state index contributed by atoms with van der Waals surface area (Å²) in [5.74, 6) is 0.715. The summed E-state index contributed by atoms with van der Waals surface area (Å²) in [4.78, 5) is 15.6. The van der Waals surface area contributed by atoms with Gasteiger partial charge in [0.2, 0.25) is 0 Å². The van der Waals surface area contributed by atoms with Crippen LogP contribution in [-0.2, 0) is 11.8 Å². The molecule has 4 heteroatoms. The molecule has 0 saturated carbocycles. The van der Waals surface area contributed by atoms with Gasteiger partial charge in [0.15, 0.2) is 11.6 Å². The van der Waals surface area contributed by atoms with Crippen LogP contribution in [0, 0.1) is 0 Å². The van der Waals surface area contributed by atoms with Gasteiger partial charge in [-0.1, -0.05) is 0 Å². The lowest BCUT2D eigenvalue weighted by molar-refractivity contribution is 0.0929. The number of Topliss-reactive ketones (excluding diaryl/α,β-unsaturated/α-hetero) is 1. The maximum atomic E-state index is 11.7. The van der Waals surface area contributed by atoms with Crippen molar-refractivity contribution < 1.29 is 9.53 Å². The zero-order chi connectivity index (χ0) is 9.26. The maximum Gasteiger partial charge on any atom is 0.262 e. The van der Waals surface area contributed by atoms with Crippen LogP contribution in [0.1, 0.15) is 17.0 Å². The molecule has 4 nitrogen and oxygen atoms in total. The van der Waals surface area contributed by atoms with Gasteiger partial charge in [-0.25, -0.2) is 4.98 Å². The Hall–Kier alpha value is -1.58. The fourth-order valence-corrected chi connectivity index (χ4v) is 1.27. The lowest BCUT2D eigenvalue weighted by atomic mass is 10.3. The Kier molecular flexibility index (Phi) is 1.88. The zero-order valence-electron chi connectivity index (χ0n) is 7.36. The van der Waals surface area contributed by atoms with Gasteiger partial charge in [0.05, 0.1) is 6.61 Å². The molecule has 0 atom stereocenters. The van der Waals surface area contributed by atoms with E-state index in [9.17, 15) is 4.79 Å². The van der Waals surface area contributed by atoms with Crippen molar-refractivity contribution in [3.63, 3.8) is 0 Å². The van der Waals surface area contributed by atoms with E-state index in [0.717, 1.165) is 6.42 Å². The SMILES string of the molecule is Cn1ccnc1C(=O)C1=CCCO1. The van der Waals surface area contributed by atoms with Crippen molar-refractivity contribution in [2.75, 3.05) is 6.61 Å². The van der Waals surface area contributed by atoms with Gasteiger partial charge in [0.1, 0.15) is 0 Å². The second kappa shape index (κ2) is 3.05. The Balaban J connectivity index is 2.27. The Morgan fingerprint density at radius 1 is 1.69 bits per heavy atom. The molecule has 0 radical (unpaired) electrons. The number of aryl methyl sites for hydroxylation is 1. The molecule has 0 aromatic carbocycles. The van der Waals surface area contributed by atoms with Gasteiger partial charge in [0.25, 0.3) is 5.78 Å². The highest BCUT2D eigenvalue weighted by Gasteiger charge is 2.20. The van der Waals surface area contributed by atoms with E-state index in [0.29, 0.717) is 18.2 Å². The summed E-state index contributed by atoms with van der Waals surface area (Å²) >= 11 is 0. The second-order valence-electron chi connectivity index (χ2n) is 2.90. The van der Waals surface area contributed by atoms with E-state index in [1.54, 1.807) is 30.1 Å². The van der Waals surface area contributed by atoms with Crippen LogP contribution in [0.2, 0.25) is 0 Å². The van der Waals surface area contributed by atoms with Crippen LogP contribution in [0.25, 0.3) is 0 Å². The van der Waals surface area contributed by atoms with E-state index >= 15 is 0 Å². The predicted octanol–water partition coefficient (Wildman–Crippen LogP) is 0.907. The minimum Gasteiger partial charge on any atom is -0.489 e. The maximum absolute atomic E-state index is 11.7. The molecular formula is C9H10N2O2. The second-order valence-corrected chi connectivity index (χ2v) is 2.90. The highest BCUT2D eigenvalue weighted by molar-refractivity contribution is 6.05. The Labute approximate surface area is 75.8 Å². The summed E-state index contributed by atoms with van der Waals surface area (Å²) in [6.07, 6.45) is 5.95. The van der Waals surface area contributed by atoms with E-state index in [4.69, 9.17) is 4.74 Å². The fourth-order valence-electron chi connectivity index (χ4n) is 1.27. The molecular weight excluding hydrogens is 168 g/mol. The van der Waals surface area contributed by atoms with Crippen LogP contribution in [0.4, 0.5) is 0 Å². The van der Waals surface area contributed by atoms with Crippen LogP contribution >= 0.6 is 0 Å². The molecule has 0 bridgehead atoms. The molecule has 0 saturated heterocycles. The van der Waals surface area contributed by atoms with E-state index in [-0.39, 0.29) is 5.78 Å². The predicted molar refractivity (Wildman–Crippen MR) is 46.2 cm³/mol. The van der Waals surface area contributed by atoms with Crippen LogP contribution < -0.4 is 0 Å². The van der Waals surface area contributed by atoms with Crippen molar-refractivity contribution in [2.45, 2.75) is 6.42 Å². The summed E-state index contributed by atoms with van der Waals surface area (Å²) in [7, 11) is 1.79. The molecule has 0 aliphatic carbocycles. The Bertz CT molecular complexity index is 365. The molecule has 1 aromatic rings. The highest BCUT2D eigenvalue weighted by Crippen LogP contribution is 2.13. The van der Waals surface area contributed by atoms with Crippen LogP contribution in [-0.4, -0.2) is 21.9 Å². The summed E-state index contributed by atoms with van der Waals surface area (Å²) in [5.41, 5.74) is 0. The summed E-state index contributed by atoms with van der Waals surface area (Å²) in [5, 5.41) is 0. The monoisotopic (exact) mass is 178 g/mol. The fraction of sp³-hybridized carbons (Fsp3) is 0.333. The topological polar surface area (TPSA) is 44.1 Å². The number of carbonyl (C=O) groups is 1. The van der Waals surface area contributed by atoms with Gasteiger partial charge < -0.3 is 9.30 Å². The van der Waals surface area contributed by atoms with E-state index in [1.165, 1.54) is 0 Å². The number of carbonyl (C=O) groups excluding carboxylic acids is 1. The smallest absolute Gasteiger partial charge is 0.262 e. The average Bonchev–Trinajstić information content (AvgIpc) is 2.72. The third-order valence-corrected chi connectivity index (χ3v) is 1.95. The summed E-state index contributed by atoms with van der Waals surface area (Å²) in [6.45, 7) is 0.603. The van der Waals surface area contributed by atoms with Gasteiger partial charge in [-0.15, -0.1) is 0 Å². The number of hydrogen-bond acceptors (Lipinski definition) is 3. The molecule has 2 heterocycles. The lowest BCUT2D eigenvalue weighted by Crippen LogP contribution is -2.10. The Morgan fingerprint density at radius 3 is 3.08 bits per heavy atom. The minimum atomic E-state index is -0.134. The normalized spacial score (nSPS) is 15.3. The Morgan fingerprint density at radius 2 is 2.54 bits per heavy atom. The molecule has 1 aliphatic heterocycles. The zero-order valence-corrected chi connectivity index (χ0v) is 7.36. The largest absolute Gasteiger partial charge is 0.489 e. The molecule has 2 rings (SSSR count). The quantitative estimate of drug-likeness (QED) is 0.632. The summed E-state index contributed by atoms with van der Waals surface area (Å²) in [6, 6.07) is 0. The van der Waals surface area contributed by atoms with Crippen LogP contribution in [0.3, 0.4) is 0 Å². The number of allylic oxidation sites excluding steroid dienone is 1. The van der Waals surface area contributed by atoms with E-state index < -0.39 is 0 Å². The standard InChI is InChI=1S/C9H10N2O2/c1-11-5-4-10-9(11)8(12)7-3-2-6-13-7/h3-5H,2,6H2,1H3. The molecule has 0 fully saturated rings. The van der Waals surface area contributed by atoms with Crippen molar-refractivity contribution in [3.8, 4) is 0 Å². The van der Waals surface area contributed by atoms with Crippen molar-refractivity contribution in [1.29, 1.82) is 0 Å². The third kappa shape index (κ3) is 1.35.